The van der Waals surface area contributed by atoms with Gasteiger partial charge < -0.3 is 19.3 Å². The summed E-state index contributed by atoms with van der Waals surface area (Å²) in [6, 6.07) is 5.39. The third-order valence-electron chi connectivity index (χ3n) is 6.80. The highest BCUT2D eigenvalue weighted by molar-refractivity contribution is 5.95. The van der Waals surface area contributed by atoms with Crippen molar-refractivity contribution in [3.63, 3.8) is 0 Å². The largest absolute Gasteiger partial charge is 0.488 e. The highest BCUT2D eigenvalue weighted by Crippen LogP contribution is 2.36. The summed E-state index contributed by atoms with van der Waals surface area (Å²) in [6.45, 7) is 6.32. The number of aromatic nitrogens is 3. The molecule has 2 aliphatic heterocycles. The standard InChI is InChI=1S/C26H30FN5O4/c1-3-35-12-5-18-16-28-22-15-20(4-8-32(22)25(18)34)31-11-13-36-21-14-19(17-29-23(21)31)24(33)30-9-6-26(2,27)7-10-30/h4,8,14-17H,3,5-7,9-13H2,1-2H3. The normalized spacial score (nSPS) is 17.1. The van der Waals surface area contributed by atoms with E-state index in [2.05, 4.69) is 9.97 Å². The molecule has 0 N–H and O–H groups in total. The number of rotatable bonds is 6. The summed E-state index contributed by atoms with van der Waals surface area (Å²) in [5.41, 5.74) is 1.04. The van der Waals surface area contributed by atoms with Crippen LogP contribution in [-0.4, -0.2) is 70.3 Å². The predicted molar refractivity (Wildman–Crippen MR) is 133 cm³/mol. The molecular formula is C26H30FN5O4. The molecule has 5 rings (SSSR count). The molecular weight excluding hydrogens is 465 g/mol. The highest BCUT2D eigenvalue weighted by Gasteiger charge is 2.32. The van der Waals surface area contributed by atoms with Gasteiger partial charge in [-0.2, -0.15) is 0 Å². The van der Waals surface area contributed by atoms with Gasteiger partial charge in [-0.15, -0.1) is 0 Å². The van der Waals surface area contributed by atoms with Crippen molar-refractivity contribution < 1.29 is 18.7 Å². The summed E-state index contributed by atoms with van der Waals surface area (Å²) in [4.78, 5) is 38.5. The molecule has 0 saturated carbocycles. The number of carbonyl (C=O) groups is 1. The number of hydrogen-bond acceptors (Lipinski definition) is 7. The Morgan fingerprint density at radius 2 is 2.00 bits per heavy atom. The number of fused-ring (bicyclic) bond motifs is 2. The molecule has 2 aliphatic rings. The number of ether oxygens (including phenoxy) is 2. The van der Waals surface area contributed by atoms with E-state index in [0.29, 0.717) is 87.1 Å². The maximum Gasteiger partial charge on any atom is 0.261 e. The summed E-state index contributed by atoms with van der Waals surface area (Å²) in [6.07, 6.45) is 6.03. The SMILES string of the molecule is CCOCCc1cnc2cc(N3CCOc4cc(C(=O)N5CCC(C)(F)CC5)cnc43)ccn2c1=O. The van der Waals surface area contributed by atoms with Crippen molar-refractivity contribution in [2.24, 2.45) is 0 Å². The van der Waals surface area contributed by atoms with Gasteiger partial charge in [-0.05, 0) is 38.8 Å². The molecule has 0 aromatic carbocycles. The molecule has 0 unspecified atom stereocenters. The van der Waals surface area contributed by atoms with Crippen LogP contribution in [0.4, 0.5) is 15.9 Å². The monoisotopic (exact) mass is 495 g/mol. The number of halogens is 1. The Hall–Kier alpha value is -3.53. The fourth-order valence-corrected chi connectivity index (χ4v) is 4.59. The van der Waals surface area contributed by atoms with Crippen LogP contribution in [0.15, 0.2) is 41.6 Å². The van der Waals surface area contributed by atoms with Crippen molar-refractivity contribution in [2.45, 2.75) is 38.8 Å². The summed E-state index contributed by atoms with van der Waals surface area (Å²) < 4.78 is 26.9. The van der Waals surface area contributed by atoms with E-state index in [1.54, 1.807) is 36.5 Å². The average Bonchev–Trinajstić information content (AvgIpc) is 2.89. The van der Waals surface area contributed by atoms with Crippen molar-refractivity contribution in [2.75, 3.05) is 44.4 Å². The van der Waals surface area contributed by atoms with Gasteiger partial charge in [0.2, 0.25) is 0 Å². The van der Waals surface area contributed by atoms with Gasteiger partial charge in [0.1, 0.15) is 17.9 Å². The number of anilines is 2. The number of amides is 1. The Kier molecular flexibility index (Phi) is 6.61. The van der Waals surface area contributed by atoms with Crippen molar-refractivity contribution >= 4 is 23.1 Å². The molecule has 0 bridgehead atoms. The van der Waals surface area contributed by atoms with E-state index in [1.165, 1.54) is 4.40 Å². The number of piperidine rings is 1. The third-order valence-corrected chi connectivity index (χ3v) is 6.80. The van der Waals surface area contributed by atoms with Gasteiger partial charge in [-0.25, -0.2) is 14.4 Å². The molecule has 3 aromatic heterocycles. The van der Waals surface area contributed by atoms with Gasteiger partial charge in [0, 0.05) is 62.0 Å². The second kappa shape index (κ2) is 9.85. The maximum absolute atomic E-state index is 14.1. The fourth-order valence-electron chi connectivity index (χ4n) is 4.59. The molecule has 36 heavy (non-hydrogen) atoms. The van der Waals surface area contributed by atoms with Crippen LogP contribution in [0.1, 0.15) is 42.6 Å². The lowest BCUT2D eigenvalue weighted by Gasteiger charge is -2.34. The van der Waals surface area contributed by atoms with Crippen LogP contribution >= 0.6 is 0 Å². The van der Waals surface area contributed by atoms with Crippen LogP contribution in [0.3, 0.4) is 0 Å². The Labute approximate surface area is 208 Å². The molecule has 0 atom stereocenters. The highest BCUT2D eigenvalue weighted by atomic mass is 19.1. The van der Waals surface area contributed by atoms with Crippen molar-refractivity contribution in [3.05, 3.63) is 58.3 Å². The number of pyridine rings is 2. The molecule has 5 heterocycles. The summed E-state index contributed by atoms with van der Waals surface area (Å²) in [5.74, 6) is 0.930. The van der Waals surface area contributed by atoms with Gasteiger partial charge in [-0.3, -0.25) is 14.0 Å². The van der Waals surface area contributed by atoms with Crippen LogP contribution in [0.2, 0.25) is 0 Å². The Balaban J connectivity index is 1.38. The zero-order chi connectivity index (χ0) is 25.3. The zero-order valence-corrected chi connectivity index (χ0v) is 20.6. The molecule has 1 fully saturated rings. The first kappa shape index (κ1) is 24.2. The van der Waals surface area contributed by atoms with E-state index in [0.717, 1.165) is 5.69 Å². The molecule has 1 saturated heterocycles. The first-order valence-corrected chi connectivity index (χ1v) is 12.3. The summed E-state index contributed by atoms with van der Waals surface area (Å²) in [5, 5.41) is 0. The minimum absolute atomic E-state index is 0.110. The lowest BCUT2D eigenvalue weighted by Crippen LogP contribution is -2.43. The van der Waals surface area contributed by atoms with Crippen molar-refractivity contribution in [3.8, 4) is 5.75 Å². The number of nitrogens with zero attached hydrogens (tertiary/aromatic N) is 5. The lowest BCUT2D eigenvalue weighted by atomic mass is 9.95. The van der Waals surface area contributed by atoms with Crippen LogP contribution in [-0.2, 0) is 11.2 Å². The minimum Gasteiger partial charge on any atom is -0.488 e. The summed E-state index contributed by atoms with van der Waals surface area (Å²) in [7, 11) is 0. The molecule has 9 nitrogen and oxygen atoms in total. The maximum atomic E-state index is 14.1. The quantitative estimate of drug-likeness (QED) is 0.486. The van der Waals surface area contributed by atoms with E-state index in [4.69, 9.17) is 9.47 Å². The van der Waals surface area contributed by atoms with E-state index in [-0.39, 0.29) is 11.5 Å². The number of alkyl halides is 1. The van der Waals surface area contributed by atoms with Gasteiger partial charge in [0.25, 0.3) is 11.5 Å². The van der Waals surface area contributed by atoms with Crippen LogP contribution < -0.4 is 15.2 Å². The van der Waals surface area contributed by atoms with Gasteiger partial charge in [0.05, 0.1) is 18.7 Å². The van der Waals surface area contributed by atoms with Crippen molar-refractivity contribution in [1.29, 1.82) is 0 Å². The van der Waals surface area contributed by atoms with Crippen LogP contribution in [0, 0.1) is 0 Å². The topological polar surface area (TPSA) is 89.3 Å². The first-order chi connectivity index (χ1) is 17.4. The number of likely N-dealkylation sites (tertiary alicyclic amines) is 1. The van der Waals surface area contributed by atoms with Crippen molar-refractivity contribution in [1.82, 2.24) is 19.3 Å². The first-order valence-electron chi connectivity index (χ1n) is 12.3. The second-order valence-electron chi connectivity index (χ2n) is 9.40. The molecule has 3 aromatic rings. The minimum atomic E-state index is -1.22. The molecule has 0 spiro atoms. The van der Waals surface area contributed by atoms with Gasteiger partial charge >= 0.3 is 0 Å². The zero-order valence-electron chi connectivity index (χ0n) is 20.6. The van der Waals surface area contributed by atoms with Crippen LogP contribution in [0.5, 0.6) is 5.75 Å². The second-order valence-corrected chi connectivity index (χ2v) is 9.40. The Morgan fingerprint density at radius 1 is 1.19 bits per heavy atom. The van der Waals surface area contributed by atoms with Crippen LogP contribution in [0.25, 0.3) is 5.65 Å². The molecule has 1 amide bonds. The van der Waals surface area contributed by atoms with E-state index in [1.807, 2.05) is 24.0 Å². The predicted octanol–water partition coefficient (Wildman–Crippen LogP) is 3.16. The number of hydrogen-bond donors (Lipinski definition) is 0. The Bertz CT molecular complexity index is 1330. The molecule has 0 aliphatic carbocycles. The third kappa shape index (κ3) is 4.77. The molecule has 10 heteroatoms. The lowest BCUT2D eigenvalue weighted by molar-refractivity contribution is 0.0503. The van der Waals surface area contributed by atoms with E-state index in [9.17, 15) is 14.0 Å². The fraction of sp³-hybridized carbons (Fsp3) is 0.462. The smallest absolute Gasteiger partial charge is 0.261 e. The average molecular weight is 496 g/mol. The van der Waals surface area contributed by atoms with E-state index < -0.39 is 5.67 Å². The molecule has 190 valence electrons. The number of carbonyl (C=O) groups excluding carboxylic acids is 1. The Morgan fingerprint density at radius 3 is 2.78 bits per heavy atom. The summed E-state index contributed by atoms with van der Waals surface area (Å²) >= 11 is 0. The van der Waals surface area contributed by atoms with E-state index >= 15 is 0 Å². The van der Waals surface area contributed by atoms with Gasteiger partial charge in [-0.1, -0.05) is 0 Å². The molecule has 0 radical (unpaired) electrons. The van der Waals surface area contributed by atoms with Gasteiger partial charge in [0.15, 0.2) is 11.6 Å².